The third-order valence-corrected chi connectivity index (χ3v) is 6.47. The predicted molar refractivity (Wildman–Crippen MR) is 137 cm³/mol. The van der Waals surface area contributed by atoms with Crippen molar-refractivity contribution >= 4 is 11.6 Å². The average Bonchev–Trinajstić information content (AvgIpc) is 3.67. The molecule has 2 heterocycles. The van der Waals surface area contributed by atoms with Crippen LogP contribution in [0.3, 0.4) is 0 Å². The second-order valence-corrected chi connectivity index (χ2v) is 9.46. The maximum atomic E-state index is 14.9. The standard InChI is InChI=1S/C28H25F4N5O3/c29-21-10-9-19(27(39,40-16-17-7-8-17)24-6-1-2-11-34-24)13-22(21)35-26(38)23-14-25(28(30,31)32)36-37(23)20-5-3-4-18(12-20)15-33/h1-6,9-14,17,39H,7-8,15-16,33H2,(H,35,38). The summed E-state index contributed by atoms with van der Waals surface area (Å²) < 4.78 is 62.2. The van der Waals surface area contributed by atoms with Gasteiger partial charge < -0.3 is 20.9 Å². The molecule has 12 heteroatoms. The minimum Gasteiger partial charge on any atom is -0.357 e. The van der Waals surface area contributed by atoms with Crippen molar-refractivity contribution in [2.75, 3.05) is 11.9 Å². The van der Waals surface area contributed by atoms with E-state index in [1.54, 1.807) is 30.3 Å². The molecule has 1 saturated carbocycles. The first kappa shape index (κ1) is 27.4. The highest BCUT2D eigenvalue weighted by Gasteiger charge is 2.38. The molecule has 40 heavy (non-hydrogen) atoms. The number of nitrogens with zero attached hydrogens (tertiary/aromatic N) is 3. The molecule has 1 atom stereocenters. The first-order valence-electron chi connectivity index (χ1n) is 12.4. The summed E-state index contributed by atoms with van der Waals surface area (Å²) in [7, 11) is 0. The number of hydrogen-bond acceptors (Lipinski definition) is 6. The molecule has 0 aliphatic heterocycles. The number of alkyl halides is 3. The summed E-state index contributed by atoms with van der Waals surface area (Å²) >= 11 is 0. The van der Waals surface area contributed by atoms with Gasteiger partial charge in [-0.05, 0) is 60.7 Å². The zero-order valence-corrected chi connectivity index (χ0v) is 21.0. The molecule has 1 fully saturated rings. The smallest absolute Gasteiger partial charge is 0.357 e. The minimum atomic E-state index is -4.84. The summed E-state index contributed by atoms with van der Waals surface area (Å²) in [6.07, 6.45) is -1.48. The number of nitrogens with one attached hydrogen (secondary N) is 1. The van der Waals surface area contributed by atoms with E-state index in [0.29, 0.717) is 11.6 Å². The molecule has 5 rings (SSSR count). The van der Waals surface area contributed by atoms with Gasteiger partial charge in [0, 0.05) is 24.4 Å². The number of benzene rings is 2. The van der Waals surface area contributed by atoms with Crippen LogP contribution >= 0.6 is 0 Å². The predicted octanol–water partition coefficient (Wildman–Crippen LogP) is 4.76. The zero-order valence-electron chi connectivity index (χ0n) is 21.0. The number of pyridine rings is 1. The van der Waals surface area contributed by atoms with E-state index in [1.165, 1.54) is 24.4 Å². The van der Waals surface area contributed by atoms with Crippen LogP contribution < -0.4 is 11.1 Å². The monoisotopic (exact) mass is 555 g/mol. The largest absolute Gasteiger partial charge is 0.435 e. The lowest BCUT2D eigenvalue weighted by molar-refractivity contribution is -0.186. The van der Waals surface area contributed by atoms with Crippen LogP contribution in [-0.4, -0.2) is 32.4 Å². The Morgan fingerprint density at radius 2 is 1.88 bits per heavy atom. The third kappa shape index (κ3) is 5.74. The molecule has 0 saturated heterocycles. The van der Waals surface area contributed by atoms with E-state index in [9.17, 15) is 27.5 Å². The molecule has 1 amide bonds. The maximum absolute atomic E-state index is 14.9. The fourth-order valence-corrected chi connectivity index (χ4v) is 4.10. The van der Waals surface area contributed by atoms with Crippen molar-refractivity contribution in [3.63, 3.8) is 0 Å². The highest BCUT2D eigenvalue weighted by molar-refractivity contribution is 6.03. The Hall–Kier alpha value is -4.13. The van der Waals surface area contributed by atoms with Crippen LogP contribution in [0.15, 0.2) is 72.9 Å². The average molecular weight is 556 g/mol. The van der Waals surface area contributed by atoms with Gasteiger partial charge in [0.05, 0.1) is 18.0 Å². The minimum absolute atomic E-state index is 0.0729. The molecule has 0 spiro atoms. The molecule has 0 radical (unpaired) electrons. The van der Waals surface area contributed by atoms with Gasteiger partial charge in [-0.3, -0.25) is 9.78 Å². The Morgan fingerprint density at radius 1 is 1.07 bits per heavy atom. The highest BCUT2D eigenvalue weighted by atomic mass is 19.4. The second kappa shape index (κ2) is 10.8. The van der Waals surface area contributed by atoms with Crippen molar-refractivity contribution in [3.05, 3.63) is 107 Å². The molecule has 1 unspecified atom stereocenters. The van der Waals surface area contributed by atoms with Crippen LogP contribution in [0.2, 0.25) is 0 Å². The molecular weight excluding hydrogens is 530 g/mol. The summed E-state index contributed by atoms with van der Waals surface area (Å²) in [5.41, 5.74) is 4.46. The fourth-order valence-electron chi connectivity index (χ4n) is 4.10. The maximum Gasteiger partial charge on any atom is 0.435 e. The Morgan fingerprint density at radius 3 is 2.55 bits per heavy atom. The zero-order chi connectivity index (χ0) is 28.5. The van der Waals surface area contributed by atoms with Crippen molar-refractivity contribution in [1.29, 1.82) is 0 Å². The van der Waals surface area contributed by atoms with Crippen LogP contribution in [0.4, 0.5) is 23.2 Å². The van der Waals surface area contributed by atoms with Gasteiger partial charge in [0.1, 0.15) is 17.2 Å². The molecule has 2 aromatic heterocycles. The van der Waals surface area contributed by atoms with Gasteiger partial charge in [-0.15, -0.1) is 0 Å². The van der Waals surface area contributed by atoms with E-state index in [2.05, 4.69) is 15.4 Å². The van der Waals surface area contributed by atoms with Gasteiger partial charge in [0.15, 0.2) is 5.69 Å². The highest BCUT2D eigenvalue weighted by Crippen LogP contribution is 2.37. The van der Waals surface area contributed by atoms with Crippen LogP contribution in [-0.2, 0) is 23.2 Å². The second-order valence-electron chi connectivity index (χ2n) is 9.46. The number of aromatic nitrogens is 3. The molecule has 4 aromatic rings. The van der Waals surface area contributed by atoms with Crippen molar-refractivity contribution in [2.24, 2.45) is 11.7 Å². The number of ether oxygens (including phenoxy) is 1. The molecule has 1 aliphatic rings. The van der Waals surface area contributed by atoms with Crippen molar-refractivity contribution in [3.8, 4) is 5.69 Å². The number of hydrogen-bond donors (Lipinski definition) is 3. The van der Waals surface area contributed by atoms with Gasteiger partial charge in [-0.2, -0.15) is 18.3 Å². The molecule has 2 aromatic carbocycles. The molecule has 8 nitrogen and oxygen atoms in total. The Kier molecular flexibility index (Phi) is 7.41. The molecule has 208 valence electrons. The van der Waals surface area contributed by atoms with Gasteiger partial charge in [0.2, 0.25) is 5.79 Å². The first-order valence-corrected chi connectivity index (χ1v) is 12.4. The van der Waals surface area contributed by atoms with Gasteiger partial charge >= 0.3 is 6.18 Å². The first-order chi connectivity index (χ1) is 19.1. The molecular formula is C28H25F4N5O3. The third-order valence-electron chi connectivity index (χ3n) is 6.47. The molecule has 0 bridgehead atoms. The number of rotatable bonds is 9. The van der Waals surface area contributed by atoms with Gasteiger partial charge in [0.25, 0.3) is 5.91 Å². The lowest BCUT2D eigenvalue weighted by Gasteiger charge is -2.28. The number of aliphatic hydroxyl groups is 1. The number of halogens is 4. The Bertz CT molecular complexity index is 1520. The lowest BCUT2D eigenvalue weighted by Crippen LogP contribution is -2.33. The summed E-state index contributed by atoms with van der Waals surface area (Å²) in [6, 6.07) is 15.1. The van der Waals surface area contributed by atoms with E-state index in [1.807, 2.05) is 0 Å². The lowest BCUT2D eigenvalue weighted by atomic mass is 10.0. The Labute approximate surface area is 226 Å². The van der Waals surface area contributed by atoms with E-state index in [0.717, 1.165) is 29.7 Å². The normalized spacial score (nSPS) is 15.1. The van der Waals surface area contributed by atoms with Crippen molar-refractivity contribution < 1.29 is 32.2 Å². The van der Waals surface area contributed by atoms with Crippen LogP contribution in [0, 0.1) is 11.7 Å². The van der Waals surface area contributed by atoms with Crippen molar-refractivity contribution in [1.82, 2.24) is 14.8 Å². The summed E-state index contributed by atoms with van der Waals surface area (Å²) in [5, 5.41) is 17.5. The Balaban J connectivity index is 1.51. The van der Waals surface area contributed by atoms with Crippen LogP contribution in [0.1, 0.15) is 45.8 Å². The molecule has 4 N–H and O–H groups in total. The van der Waals surface area contributed by atoms with Gasteiger partial charge in [-0.25, -0.2) is 9.07 Å². The number of carbonyl (C=O) groups is 1. The van der Waals surface area contributed by atoms with Crippen LogP contribution in [0.5, 0.6) is 0 Å². The number of carbonyl (C=O) groups excluding carboxylic acids is 1. The number of nitrogens with two attached hydrogens (primary N) is 1. The van der Waals surface area contributed by atoms with E-state index < -0.39 is 35.1 Å². The quantitative estimate of drug-likeness (QED) is 0.203. The van der Waals surface area contributed by atoms with Crippen LogP contribution in [0.25, 0.3) is 5.69 Å². The molecule has 1 aliphatic carbocycles. The topological polar surface area (TPSA) is 115 Å². The van der Waals surface area contributed by atoms with Crippen molar-refractivity contribution in [2.45, 2.75) is 31.3 Å². The van der Waals surface area contributed by atoms with Gasteiger partial charge in [-0.1, -0.05) is 24.3 Å². The SMILES string of the molecule is NCc1cccc(-n2nc(C(F)(F)F)cc2C(=O)Nc2cc(C(O)(OCC3CC3)c3ccccn3)ccc2F)c1. The van der Waals surface area contributed by atoms with E-state index >= 15 is 0 Å². The van der Waals surface area contributed by atoms with E-state index in [-0.39, 0.29) is 41.7 Å². The van der Waals surface area contributed by atoms with E-state index in [4.69, 9.17) is 10.5 Å². The summed E-state index contributed by atoms with van der Waals surface area (Å²) in [6.45, 7) is 0.343. The summed E-state index contributed by atoms with van der Waals surface area (Å²) in [4.78, 5) is 17.5. The summed E-state index contributed by atoms with van der Waals surface area (Å²) in [5.74, 6) is -3.73. The fraction of sp³-hybridized carbons (Fsp3) is 0.250. The number of anilines is 1. The number of amides is 1.